The quantitative estimate of drug-likeness (QED) is 0.412. The zero-order chi connectivity index (χ0) is 23.8. The molecule has 0 saturated carbocycles. The molecule has 0 atom stereocenters. The average molecular weight is 456 g/mol. The predicted octanol–water partition coefficient (Wildman–Crippen LogP) is 6.39. The molecule has 0 aliphatic rings. The Morgan fingerprint density at radius 2 is 1.50 bits per heavy atom. The number of benzene rings is 2. The van der Waals surface area contributed by atoms with Gasteiger partial charge in [-0.15, -0.1) is 0 Å². The monoisotopic (exact) mass is 455 g/mol. The Morgan fingerprint density at radius 1 is 0.906 bits per heavy atom. The molecular formula is C26H33NO4S. The van der Waals surface area contributed by atoms with Crippen molar-refractivity contribution in [3.63, 3.8) is 0 Å². The molecule has 0 radical (unpaired) electrons. The molecule has 172 valence electrons. The first-order chi connectivity index (χ1) is 15.0. The summed E-state index contributed by atoms with van der Waals surface area (Å²) in [7, 11) is -3.94. The Morgan fingerprint density at radius 3 is 2.06 bits per heavy atom. The molecule has 0 fully saturated rings. The molecule has 2 N–H and O–H groups in total. The van der Waals surface area contributed by atoms with Crippen LogP contribution in [0.5, 0.6) is 0 Å². The number of fused-ring (bicyclic) bond motifs is 1. The highest BCUT2D eigenvalue weighted by Crippen LogP contribution is 2.41. The van der Waals surface area contributed by atoms with Gasteiger partial charge in [-0.1, -0.05) is 71.9 Å². The van der Waals surface area contributed by atoms with E-state index in [0.717, 1.165) is 22.1 Å². The molecule has 32 heavy (non-hydrogen) atoms. The molecule has 0 unspecified atom stereocenters. The second-order valence-electron chi connectivity index (χ2n) is 9.33. The molecule has 6 heteroatoms. The van der Waals surface area contributed by atoms with Crippen molar-refractivity contribution in [2.24, 2.45) is 0 Å². The molecule has 0 bridgehead atoms. The number of carboxylic acids is 1. The molecule has 1 heterocycles. The van der Waals surface area contributed by atoms with Crippen molar-refractivity contribution in [3.05, 3.63) is 58.7 Å². The number of nitrogens with one attached hydrogen (secondary N) is 1. The summed E-state index contributed by atoms with van der Waals surface area (Å²) < 4.78 is 28.6. The van der Waals surface area contributed by atoms with Crippen molar-refractivity contribution in [2.75, 3.05) is 0 Å². The van der Waals surface area contributed by atoms with Crippen molar-refractivity contribution in [1.82, 2.24) is 4.98 Å². The number of aromatic amines is 1. The van der Waals surface area contributed by atoms with Crippen LogP contribution in [-0.4, -0.2) is 24.5 Å². The SMILES string of the molecule is CC(C)c1ccc(C(C)C)c(S(=O)(=O)c2[nH]c3ccccc3c2CCC(=O)O)c1C(C)C. The van der Waals surface area contributed by atoms with E-state index in [0.29, 0.717) is 16.0 Å². The zero-order valence-electron chi connectivity index (χ0n) is 19.7. The van der Waals surface area contributed by atoms with E-state index in [1.165, 1.54) is 0 Å². The zero-order valence-corrected chi connectivity index (χ0v) is 20.5. The highest BCUT2D eigenvalue weighted by molar-refractivity contribution is 7.91. The number of aromatic nitrogens is 1. The molecule has 0 aliphatic carbocycles. The van der Waals surface area contributed by atoms with Gasteiger partial charge < -0.3 is 10.1 Å². The lowest BCUT2D eigenvalue weighted by molar-refractivity contribution is -0.136. The van der Waals surface area contributed by atoms with Gasteiger partial charge in [-0.25, -0.2) is 8.42 Å². The smallest absolute Gasteiger partial charge is 0.303 e. The standard InChI is InChI=1S/C26H33NO4S/c1-15(2)18-11-12-19(16(3)4)25(24(18)17(5)6)32(30,31)26-21(13-14-23(28)29)20-9-7-8-10-22(20)27-26/h7-12,15-17,27H,13-14H2,1-6H3,(H,28,29). The van der Waals surface area contributed by atoms with Gasteiger partial charge in [0, 0.05) is 17.3 Å². The number of para-hydroxylation sites is 1. The van der Waals surface area contributed by atoms with Crippen LogP contribution in [-0.2, 0) is 21.1 Å². The molecule has 2 aromatic carbocycles. The largest absolute Gasteiger partial charge is 0.481 e. The fourth-order valence-electron chi connectivity index (χ4n) is 4.47. The predicted molar refractivity (Wildman–Crippen MR) is 128 cm³/mol. The summed E-state index contributed by atoms with van der Waals surface area (Å²) in [5.41, 5.74) is 3.92. The normalized spacial score (nSPS) is 12.4. The van der Waals surface area contributed by atoms with Crippen LogP contribution in [0.25, 0.3) is 10.9 Å². The third-order valence-corrected chi connectivity index (χ3v) is 7.86. The summed E-state index contributed by atoms with van der Waals surface area (Å²) in [6.45, 7) is 12.2. The summed E-state index contributed by atoms with van der Waals surface area (Å²) in [6, 6.07) is 11.4. The van der Waals surface area contributed by atoms with E-state index < -0.39 is 15.8 Å². The van der Waals surface area contributed by atoms with Crippen LogP contribution in [0.2, 0.25) is 0 Å². The number of sulfone groups is 1. The summed E-state index contributed by atoms with van der Waals surface area (Å²) >= 11 is 0. The first kappa shape index (κ1) is 24.1. The highest BCUT2D eigenvalue weighted by Gasteiger charge is 2.33. The van der Waals surface area contributed by atoms with Crippen LogP contribution in [0, 0.1) is 0 Å². The van der Waals surface area contributed by atoms with Gasteiger partial charge in [0.1, 0.15) is 5.03 Å². The Labute approximate surface area is 190 Å². The fraction of sp³-hybridized carbons (Fsp3) is 0.423. The van der Waals surface area contributed by atoms with Crippen LogP contribution in [0.3, 0.4) is 0 Å². The number of carboxylic acid groups (broad SMARTS) is 1. The van der Waals surface area contributed by atoms with E-state index in [9.17, 15) is 18.3 Å². The number of carbonyl (C=O) groups is 1. The molecule has 0 aliphatic heterocycles. The molecule has 0 saturated heterocycles. The van der Waals surface area contributed by atoms with E-state index in [1.807, 2.05) is 58.0 Å². The Balaban J connectivity index is 2.40. The van der Waals surface area contributed by atoms with E-state index in [1.54, 1.807) is 0 Å². The Kier molecular flexibility index (Phi) is 6.84. The lowest BCUT2D eigenvalue weighted by Gasteiger charge is -2.24. The van der Waals surface area contributed by atoms with E-state index in [-0.39, 0.29) is 35.6 Å². The van der Waals surface area contributed by atoms with Gasteiger partial charge >= 0.3 is 5.97 Å². The van der Waals surface area contributed by atoms with Crippen LogP contribution in [0.4, 0.5) is 0 Å². The number of hydrogen-bond donors (Lipinski definition) is 2. The first-order valence-corrected chi connectivity index (χ1v) is 12.7. The van der Waals surface area contributed by atoms with Gasteiger partial charge in [0.2, 0.25) is 9.84 Å². The molecular weight excluding hydrogens is 422 g/mol. The van der Waals surface area contributed by atoms with Gasteiger partial charge in [-0.05, 0) is 52.5 Å². The first-order valence-electron chi connectivity index (χ1n) is 11.2. The van der Waals surface area contributed by atoms with E-state index >= 15 is 0 Å². The van der Waals surface area contributed by atoms with Crippen molar-refractivity contribution >= 4 is 26.7 Å². The van der Waals surface area contributed by atoms with E-state index in [4.69, 9.17) is 0 Å². The molecule has 3 aromatic rings. The second-order valence-corrected chi connectivity index (χ2v) is 11.1. The average Bonchev–Trinajstić information content (AvgIpc) is 3.10. The van der Waals surface area contributed by atoms with E-state index in [2.05, 4.69) is 24.9 Å². The number of aliphatic carboxylic acids is 1. The summed E-state index contributed by atoms with van der Waals surface area (Å²) in [6.07, 6.45) is 0.0102. The Bertz CT molecular complexity index is 1250. The van der Waals surface area contributed by atoms with Crippen LogP contribution >= 0.6 is 0 Å². The maximum absolute atomic E-state index is 14.3. The number of aryl methyl sites for hydroxylation is 1. The van der Waals surface area contributed by atoms with Crippen LogP contribution < -0.4 is 0 Å². The number of H-pyrrole nitrogens is 1. The molecule has 1 aromatic heterocycles. The van der Waals surface area contributed by atoms with Gasteiger partial charge in [0.25, 0.3) is 0 Å². The van der Waals surface area contributed by atoms with Crippen LogP contribution in [0.1, 0.15) is 88.0 Å². The molecule has 0 spiro atoms. The van der Waals surface area contributed by atoms with Crippen molar-refractivity contribution in [1.29, 1.82) is 0 Å². The van der Waals surface area contributed by atoms with Gasteiger partial charge in [-0.2, -0.15) is 0 Å². The topological polar surface area (TPSA) is 87.2 Å². The van der Waals surface area contributed by atoms with Crippen molar-refractivity contribution < 1.29 is 18.3 Å². The van der Waals surface area contributed by atoms with Crippen molar-refractivity contribution in [3.8, 4) is 0 Å². The lowest BCUT2D eigenvalue weighted by Crippen LogP contribution is -2.16. The minimum absolute atomic E-state index is 0.0164. The fourth-order valence-corrected chi connectivity index (χ4v) is 6.71. The highest BCUT2D eigenvalue weighted by atomic mass is 32.2. The third-order valence-electron chi connectivity index (χ3n) is 5.98. The lowest BCUT2D eigenvalue weighted by atomic mass is 9.87. The molecule has 0 amide bonds. The van der Waals surface area contributed by atoms with Gasteiger partial charge in [-0.3, -0.25) is 4.79 Å². The Hall–Kier alpha value is -2.60. The second kappa shape index (κ2) is 9.10. The van der Waals surface area contributed by atoms with Crippen LogP contribution in [0.15, 0.2) is 46.3 Å². The number of rotatable bonds is 8. The number of hydrogen-bond acceptors (Lipinski definition) is 3. The minimum atomic E-state index is -3.94. The third kappa shape index (κ3) is 4.33. The van der Waals surface area contributed by atoms with Gasteiger partial charge in [0.15, 0.2) is 0 Å². The maximum atomic E-state index is 14.3. The van der Waals surface area contributed by atoms with Crippen molar-refractivity contribution in [2.45, 2.75) is 82.1 Å². The summed E-state index contributed by atoms with van der Waals surface area (Å²) in [5, 5.41) is 10.1. The minimum Gasteiger partial charge on any atom is -0.481 e. The van der Waals surface area contributed by atoms with Gasteiger partial charge in [0.05, 0.1) is 4.90 Å². The maximum Gasteiger partial charge on any atom is 0.303 e. The molecule has 5 nitrogen and oxygen atoms in total. The molecule has 3 rings (SSSR count). The summed E-state index contributed by atoms with van der Waals surface area (Å²) in [5.74, 6) is -0.740. The summed E-state index contributed by atoms with van der Waals surface area (Å²) in [4.78, 5) is 14.8.